The van der Waals surface area contributed by atoms with Gasteiger partial charge in [0.2, 0.25) is 0 Å². The van der Waals surface area contributed by atoms with Gasteiger partial charge >= 0.3 is 0 Å². The van der Waals surface area contributed by atoms with Crippen LogP contribution in [0, 0.1) is 22.0 Å². The zero-order chi connectivity index (χ0) is 9.42. The average molecular weight is 283 g/mol. The van der Waals surface area contributed by atoms with Crippen molar-refractivity contribution in [3.8, 4) is 6.07 Å². The van der Waals surface area contributed by atoms with Gasteiger partial charge < -0.3 is 0 Å². The van der Waals surface area contributed by atoms with Crippen LogP contribution in [0.15, 0.2) is 12.1 Å². The molecule has 0 fully saturated rings. The minimum Gasteiger partial charge on any atom is -0.271 e. The molecule has 4 heteroatoms. The maximum atomic E-state index is 8.91. The molecule has 0 saturated carbocycles. The van der Waals surface area contributed by atoms with Crippen molar-refractivity contribution in [1.29, 1.82) is 5.26 Å². The fourth-order valence-electron chi connectivity index (χ4n) is 1.34. The maximum absolute atomic E-state index is 8.91. The molecule has 0 amide bonds. The van der Waals surface area contributed by atoms with Gasteiger partial charge in [0.15, 0.2) is 0 Å². The van der Waals surface area contributed by atoms with E-state index in [1.165, 1.54) is 0 Å². The second kappa shape index (κ2) is 3.00. The number of H-pyrrole nitrogens is 1. The van der Waals surface area contributed by atoms with E-state index in [0.29, 0.717) is 5.56 Å². The van der Waals surface area contributed by atoms with E-state index >= 15 is 0 Å². The van der Waals surface area contributed by atoms with Crippen molar-refractivity contribution < 1.29 is 0 Å². The number of nitriles is 1. The number of benzene rings is 1. The van der Waals surface area contributed by atoms with E-state index < -0.39 is 0 Å². The Hall–Kier alpha value is -1.09. The number of aromatic nitrogens is 2. The van der Waals surface area contributed by atoms with Gasteiger partial charge in [0.05, 0.1) is 22.5 Å². The van der Waals surface area contributed by atoms with Crippen LogP contribution in [0.1, 0.15) is 11.1 Å². The molecule has 1 aromatic carbocycles. The van der Waals surface area contributed by atoms with E-state index in [0.717, 1.165) is 20.2 Å². The predicted molar refractivity (Wildman–Crippen MR) is 58.3 cm³/mol. The van der Waals surface area contributed by atoms with Crippen molar-refractivity contribution in [2.24, 2.45) is 0 Å². The van der Waals surface area contributed by atoms with Gasteiger partial charge in [-0.2, -0.15) is 10.4 Å². The van der Waals surface area contributed by atoms with Crippen molar-refractivity contribution in [2.75, 3.05) is 0 Å². The molecule has 0 saturated heterocycles. The lowest BCUT2D eigenvalue weighted by Gasteiger charge is -1.95. The number of rotatable bonds is 0. The molecular weight excluding hydrogens is 277 g/mol. The third-order valence-electron chi connectivity index (χ3n) is 1.88. The van der Waals surface area contributed by atoms with E-state index in [9.17, 15) is 0 Å². The van der Waals surface area contributed by atoms with Crippen molar-refractivity contribution in [2.45, 2.75) is 6.92 Å². The van der Waals surface area contributed by atoms with Gasteiger partial charge in [-0.05, 0) is 47.2 Å². The molecule has 64 valence electrons. The highest BCUT2D eigenvalue weighted by Gasteiger charge is 2.08. The number of aromatic amines is 1. The number of nitrogens with zero attached hydrogens (tertiary/aromatic N) is 2. The summed E-state index contributed by atoms with van der Waals surface area (Å²) in [6.07, 6.45) is 0. The third-order valence-corrected chi connectivity index (χ3v) is 2.66. The van der Waals surface area contributed by atoms with Crippen LogP contribution in [-0.4, -0.2) is 10.2 Å². The molecule has 13 heavy (non-hydrogen) atoms. The van der Waals surface area contributed by atoms with Crippen molar-refractivity contribution in [3.05, 3.63) is 27.0 Å². The van der Waals surface area contributed by atoms with Crippen molar-refractivity contribution in [1.82, 2.24) is 10.2 Å². The molecule has 1 aromatic heterocycles. The molecule has 3 nitrogen and oxygen atoms in total. The Morgan fingerprint density at radius 1 is 1.54 bits per heavy atom. The predicted octanol–water partition coefficient (Wildman–Crippen LogP) is 2.35. The van der Waals surface area contributed by atoms with Crippen LogP contribution >= 0.6 is 22.6 Å². The van der Waals surface area contributed by atoms with Crippen LogP contribution in [-0.2, 0) is 0 Å². The standard InChI is InChI=1S/C9H6IN3/c1-5-2-6(4-11)8-7(3-5)12-13-9(8)10/h2-3H,1H3,(H,12,13). The zero-order valence-electron chi connectivity index (χ0n) is 6.93. The summed E-state index contributed by atoms with van der Waals surface area (Å²) < 4.78 is 0.921. The molecule has 1 heterocycles. The molecule has 2 rings (SSSR count). The van der Waals surface area contributed by atoms with Gasteiger partial charge in [-0.3, -0.25) is 5.10 Å². The number of nitrogens with one attached hydrogen (secondary N) is 1. The first-order valence-corrected chi connectivity index (χ1v) is 4.84. The van der Waals surface area contributed by atoms with Gasteiger partial charge in [-0.1, -0.05) is 0 Å². The monoisotopic (exact) mass is 283 g/mol. The molecule has 0 radical (unpaired) electrons. The summed E-state index contributed by atoms with van der Waals surface area (Å²) in [6.45, 7) is 1.96. The number of fused-ring (bicyclic) bond motifs is 1. The van der Waals surface area contributed by atoms with Gasteiger partial charge in [0.1, 0.15) is 3.70 Å². The Kier molecular flexibility index (Phi) is 1.96. The van der Waals surface area contributed by atoms with E-state index in [4.69, 9.17) is 5.26 Å². The molecule has 0 aliphatic heterocycles. The summed E-state index contributed by atoms with van der Waals surface area (Å²) in [5.74, 6) is 0. The number of aryl methyl sites for hydroxylation is 1. The third kappa shape index (κ3) is 1.29. The summed E-state index contributed by atoms with van der Waals surface area (Å²) in [6, 6.07) is 6.02. The molecule has 0 unspecified atom stereocenters. The highest BCUT2D eigenvalue weighted by molar-refractivity contribution is 14.1. The first kappa shape index (κ1) is 8.51. The van der Waals surface area contributed by atoms with Gasteiger partial charge in [0, 0.05) is 0 Å². The number of halogens is 1. The van der Waals surface area contributed by atoms with E-state index in [1.54, 1.807) is 0 Å². The van der Waals surface area contributed by atoms with Crippen LogP contribution in [0.25, 0.3) is 10.9 Å². The number of hydrogen-bond donors (Lipinski definition) is 1. The second-order valence-corrected chi connectivity index (χ2v) is 3.93. The lowest BCUT2D eigenvalue weighted by Crippen LogP contribution is -1.81. The molecule has 0 atom stereocenters. The topological polar surface area (TPSA) is 52.5 Å². The van der Waals surface area contributed by atoms with E-state index in [-0.39, 0.29) is 0 Å². The van der Waals surface area contributed by atoms with Crippen LogP contribution in [0.2, 0.25) is 0 Å². The minimum absolute atomic E-state index is 0.688. The fraction of sp³-hybridized carbons (Fsp3) is 0.111. The van der Waals surface area contributed by atoms with Crippen LogP contribution in [0.4, 0.5) is 0 Å². The maximum Gasteiger partial charge on any atom is 0.105 e. The first-order chi connectivity index (χ1) is 6.22. The van der Waals surface area contributed by atoms with Gasteiger partial charge in [0.25, 0.3) is 0 Å². The van der Waals surface area contributed by atoms with Crippen molar-refractivity contribution >= 4 is 33.5 Å². The molecule has 0 spiro atoms. The summed E-state index contributed by atoms with van der Waals surface area (Å²) in [5, 5.41) is 16.8. The van der Waals surface area contributed by atoms with E-state index in [2.05, 4.69) is 38.9 Å². The SMILES string of the molecule is Cc1cc(C#N)c2c(I)[nH]nc2c1. The summed E-state index contributed by atoms with van der Waals surface area (Å²) in [7, 11) is 0. The quantitative estimate of drug-likeness (QED) is 0.754. The molecule has 0 bridgehead atoms. The van der Waals surface area contributed by atoms with Crippen LogP contribution in [0.3, 0.4) is 0 Å². The highest BCUT2D eigenvalue weighted by atomic mass is 127. The summed E-state index contributed by atoms with van der Waals surface area (Å²) >= 11 is 2.14. The molecular formula is C9H6IN3. The Morgan fingerprint density at radius 3 is 3.00 bits per heavy atom. The van der Waals surface area contributed by atoms with Crippen molar-refractivity contribution in [3.63, 3.8) is 0 Å². The molecule has 2 aromatic rings. The van der Waals surface area contributed by atoms with Gasteiger partial charge in [-0.25, -0.2) is 0 Å². The molecule has 0 aliphatic rings. The largest absolute Gasteiger partial charge is 0.271 e. The lowest BCUT2D eigenvalue weighted by atomic mass is 10.1. The number of hydrogen-bond acceptors (Lipinski definition) is 2. The van der Waals surface area contributed by atoms with E-state index in [1.807, 2.05) is 19.1 Å². The molecule has 0 aliphatic carbocycles. The average Bonchev–Trinajstić information content (AvgIpc) is 2.46. The Bertz CT molecular complexity index is 507. The Labute approximate surface area is 88.9 Å². The minimum atomic E-state index is 0.688. The van der Waals surface area contributed by atoms with Gasteiger partial charge in [-0.15, -0.1) is 0 Å². The Balaban J connectivity index is 2.95. The summed E-state index contributed by atoms with van der Waals surface area (Å²) in [4.78, 5) is 0. The van der Waals surface area contributed by atoms with Crippen LogP contribution < -0.4 is 0 Å². The summed E-state index contributed by atoms with van der Waals surface area (Å²) in [5.41, 5.74) is 2.61. The zero-order valence-corrected chi connectivity index (χ0v) is 9.08. The normalized spacial score (nSPS) is 10.2. The fourth-order valence-corrected chi connectivity index (χ4v) is 2.03. The highest BCUT2D eigenvalue weighted by Crippen LogP contribution is 2.22. The molecule has 1 N–H and O–H groups in total. The second-order valence-electron chi connectivity index (χ2n) is 2.86. The smallest absolute Gasteiger partial charge is 0.105 e. The lowest BCUT2D eigenvalue weighted by molar-refractivity contribution is 1.09. The first-order valence-electron chi connectivity index (χ1n) is 3.76. The Morgan fingerprint density at radius 2 is 2.31 bits per heavy atom. The van der Waals surface area contributed by atoms with Crippen LogP contribution in [0.5, 0.6) is 0 Å².